The number of anilines is 1. The number of nitrogens with one attached hydrogen (secondary N) is 1. The van der Waals surface area contributed by atoms with Crippen molar-refractivity contribution in [3.05, 3.63) is 59.9 Å². The van der Waals surface area contributed by atoms with E-state index in [0.29, 0.717) is 17.8 Å². The Bertz CT molecular complexity index is 749. The van der Waals surface area contributed by atoms with Crippen LogP contribution < -0.4 is 5.32 Å². The van der Waals surface area contributed by atoms with Gasteiger partial charge in [-0.15, -0.1) is 0 Å². The number of piperidine rings is 1. The summed E-state index contributed by atoms with van der Waals surface area (Å²) >= 11 is 0. The van der Waals surface area contributed by atoms with Gasteiger partial charge in [0.1, 0.15) is 0 Å². The Balaban J connectivity index is 1.74. The standard InChI is InChI=1S/C19H21N3O3/c23-13-14-10-16(12-20-11-14)21-18(24)19(25)22-9-5-4-8-17(22)15-6-2-1-3-7-15/h1-3,6-7,10-12,17,23H,4-5,8-9,13H2,(H,21,24). The number of aromatic nitrogens is 1. The number of pyridine rings is 1. The first-order valence-electron chi connectivity index (χ1n) is 8.40. The van der Waals surface area contributed by atoms with Gasteiger partial charge in [-0.3, -0.25) is 14.6 Å². The third-order valence-electron chi connectivity index (χ3n) is 4.38. The molecule has 2 N–H and O–H groups in total. The van der Waals surface area contributed by atoms with E-state index in [1.54, 1.807) is 11.0 Å². The fourth-order valence-electron chi connectivity index (χ4n) is 3.15. The lowest BCUT2D eigenvalue weighted by atomic mass is 9.95. The van der Waals surface area contributed by atoms with Gasteiger partial charge in [-0.25, -0.2) is 0 Å². The molecule has 3 rings (SSSR count). The fourth-order valence-corrected chi connectivity index (χ4v) is 3.15. The number of benzene rings is 1. The van der Waals surface area contributed by atoms with Gasteiger partial charge in [-0.2, -0.15) is 0 Å². The minimum absolute atomic E-state index is 0.0740. The van der Waals surface area contributed by atoms with Gasteiger partial charge in [-0.1, -0.05) is 30.3 Å². The molecule has 0 spiro atoms. The van der Waals surface area contributed by atoms with E-state index in [1.807, 2.05) is 30.3 Å². The molecule has 2 heterocycles. The summed E-state index contributed by atoms with van der Waals surface area (Å²) in [7, 11) is 0. The number of hydrogen-bond acceptors (Lipinski definition) is 4. The van der Waals surface area contributed by atoms with Crippen molar-refractivity contribution >= 4 is 17.5 Å². The Kier molecular flexibility index (Phi) is 5.40. The van der Waals surface area contributed by atoms with Crippen LogP contribution in [0.2, 0.25) is 0 Å². The third kappa shape index (κ3) is 4.03. The highest BCUT2D eigenvalue weighted by Crippen LogP contribution is 2.30. The zero-order valence-electron chi connectivity index (χ0n) is 13.9. The fraction of sp³-hybridized carbons (Fsp3) is 0.316. The molecular formula is C19H21N3O3. The number of likely N-dealkylation sites (tertiary alicyclic amines) is 1. The molecule has 1 atom stereocenters. The predicted octanol–water partition coefficient (Wildman–Crippen LogP) is 2.27. The quantitative estimate of drug-likeness (QED) is 0.841. The van der Waals surface area contributed by atoms with Crippen molar-refractivity contribution in [1.82, 2.24) is 9.88 Å². The molecule has 0 aliphatic carbocycles. The van der Waals surface area contributed by atoms with Gasteiger partial charge in [0.15, 0.2) is 0 Å². The number of aliphatic hydroxyl groups excluding tert-OH is 1. The molecule has 130 valence electrons. The van der Waals surface area contributed by atoms with Crippen molar-refractivity contribution in [3.63, 3.8) is 0 Å². The molecule has 1 aliphatic heterocycles. The SMILES string of the molecule is O=C(Nc1cncc(CO)c1)C(=O)N1CCCCC1c1ccccc1. The van der Waals surface area contributed by atoms with E-state index in [0.717, 1.165) is 24.8 Å². The van der Waals surface area contributed by atoms with Crippen LogP contribution in [-0.2, 0) is 16.2 Å². The molecule has 6 nitrogen and oxygen atoms in total. The van der Waals surface area contributed by atoms with E-state index in [-0.39, 0.29) is 12.6 Å². The number of hydrogen-bond donors (Lipinski definition) is 2. The highest BCUT2D eigenvalue weighted by atomic mass is 16.3. The first-order valence-corrected chi connectivity index (χ1v) is 8.40. The van der Waals surface area contributed by atoms with Crippen LogP contribution in [0.3, 0.4) is 0 Å². The molecule has 1 aliphatic rings. The van der Waals surface area contributed by atoms with Crippen molar-refractivity contribution in [1.29, 1.82) is 0 Å². The van der Waals surface area contributed by atoms with Gasteiger partial charge in [0.2, 0.25) is 0 Å². The Labute approximate surface area is 146 Å². The second kappa shape index (κ2) is 7.90. The zero-order chi connectivity index (χ0) is 17.6. The van der Waals surface area contributed by atoms with E-state index in [9.17, 15) is 9.59 Å². The zero-order valence-corrected chi connectivity index (χ0v) is 13.9. The molecule has 1 fully saturated rings. The number of aliphatic hydroxyl groups is 1. The van der Waals surface area contributed by atoms with Crippen LogP contribution in [0, 0.1) is 0 Å². The van der Waals surface area contributed by atoms with Gasteiger partial charge in [-0.05, 0) is 36.5 Å². The van der Waals surface area contributed by atoms with Crippen LogP contribution in [0.5, 0.6) is 0 Å². The highest BCUT2D eigenvalue weighted by Gasteiger charge is 2.31. The summed E-state index contributed by atoms with van der Waals surface area (Å²) in [5.74, 6) is -1.22. The van der Waals surface area contributed by atoms with Crippen LogP contribution in [0.25, 0.3) is 0 Å². The minimum Gasteiger partial charge on any atom is -0.392 e. The van der Waals surface area contributed by atoms with Crippen molar-refractivity contribution in [3.8, 4) is 0 Å². The molecule has 0 bridgehead atoms. The van der Waals surface area contributed by atoms with Crippen molar-refractivity contribution in [2.24, 2.45) is 0 Å². The van der Waals surface area contributed by atoms with Gasteiger partial charge < -0.3 is 15.3 Å². The molecule has 0 radical (unpaired) electrons. The van der Waals surface area contributed by atoms with E-state index < -0.39 is 11.8 Å². The van der Waals surface area contributed by atoms with Crippen LogP contribution in [0.4, 0.5) is 5.69 Å². The predicted molar refractivity (Wildman–Crippen MR) is 93.5 cm³/mol. The summed E-state index contributed by atoms with van der Waals surface area (Å²) in [5.41, 5.74) is 2.02. The first-order chi connectivity index (χ1) is 12.2. The normalized spacial score (nSPS) is 17.2. The highest BCUT2D eigenvalue weighted by molar-refractivity contribution is 6.39. The summed E-state index contributed by atoms with van der Waals surface area (Å²) < 4.78 is 0. The molecule has 1 aromatic carbocycles. The summed E-state index contributed by atoms with van der Waals surface area (Å²) in [5, 5.41) is 11.7. The lowest BCUT2D eigenvalue weighted by Crippen LogP contribution is -2.44. The van der Waals surface area contributed by atoms with Crippen LogP contribution in [0.1, 0.15) is 36.4 Å². The number of rotatable bonds is 3. The average Bonchev–Trinajstić information content (AvgIpc) is 2.68. The van der Waals surface area contributed by atoms with Crippen LogP contribution >= 0.6 is 0 Å². The lowest BCUT2D eigenvalue weighted by molar-refractivity contribution is -0.145. The maximum atomic E-state index is 12.7. The molecule has 1 aromatic heterocycles. The maximum Gasteiger partial charge on any atom is 0.313 e. The summed E-state index contributed by atoms with van der Waals surface area (Å²) in [4.78, 5) is 30.7. The molecule has 25 heavy (non-hydrogen) atoms. The lowest BCUT2D eigenvalue weighted by Gasteiger charge is -2.35. The van der Waals surface area contributed by atoms with E-state index in [2.05, 4.69) is 10.3 Å². The Morgan fingerprint density at radius 1 is 1.20 bits per heavy atom. The third-order valence-corrected chi connectivity index (χ3v) is 4.38. The molecule has 2 aromatic rings. The number of nitrogens with zero attached hydrogens (tertiary/aromatic N) is 2. The van der Waals surface area contributed by atoms with Crippen molar-refractivity contribution < 1.29 is 14.7 Å². The second-order valence-electron chi connectivity index (χ2n) is 6.11. The monoisotopic (exact) mass is 339 g/mol. The summed E-state index contributed by atoms with van der Waals surface area (Å²) in [6, 6.07) is 11.3. The van der Waals surface area contributed by atoms with E-state index in [1.165, 1.54) is 12.4 Å². The van der Waals surface area contributed by atoms with Crippen LogP contribution in [0.15, 0.2) is 48.8 Å². The van der Waals surface area contributed by atoms with Crippen LogP contribution in [-0.4, -0.2) is 33.3 Å². The smallest absolute Gasteiger partial charge is 0.313 e. The summed E-state index contributed by atoms with van der Waals surface area (Å²) in [6.07, 6.45) is 5.74. The second-order valence-corrected chi connectivity index (χ2v) is 6.11. The van der Waals surface area contributed by atoms with Gasteiger partial charge >= 0.3 is 11.8 Å². The van der Waals surface area contributed by atoms with Gasteiger partial charge in [0.25, 0.3) is 0 Å². The Morgan fingerprint density at radius 2 is 2.00 bits per heavy atom. The molecular weight excluding hydrogens is 318 g/mol. The first kappa shape index (κ1) is 17.1. The maximum absolute atomic E-state index is 12.7. The molecule has 1 unspecified atom stereocenters. The van der Waals surface area contributed by atoms with Gasteiger partial charge in [0.05, 0.1) is 24.5 Å². The van der Waals surface area contributed by atoms with E-state index >= 15 is 0 Å². The largest absolute Gasteiger partial charge is 0.392 e. The minimum atomic E-state index is -0.681. The van der Waals surface area contributed by atoms with Crippen molar-refractivity contribution in [2.45, 2.75) is 31.9 Å². The number of amides is 2. The number of carbonyl (C=O) groups excluding carboxylic acids is 2. The summed E-state index contributed by atoms with van der Waals surface area (Å²) in [6.45, 7) is 0.396. The molecule has 1 saturated heterocycles. The molecule has 6 heteroatoms. The number of carbonyl (C=O) groups is 2. The van der Waals surface area contributed by atoms with Crippen molar-refractivity contribution in [2.75, 3.05) is 11.9 Å². The topological polar surface area (TPSA) is 82.5 Å². The Morgan fingerprint density at radius 3 is 2.76 bits per heavy atom. The van der Waals surface area contributed by atoms with Gasteiger partial charge in [0, 0.05) is 12.7 Å². The molecule has 0 saturated carbocycles. The Hall–Kier alpha value is -2.73. The van der Waals surface area contributed by atoms with E-state index in [4.69, 9.17) is 5.11 Å². The average molecular weight is 339 g/mol. The molecule has 2 amide bonds.